The van der Waals surface area contributed by atoms with E-state index in [1.807, 2.05) is 0 Å². The van der Waals surface area contributed by atoms with Gasteiger partial charge in [-0.15, -0.1) is 0 Å². The highest BCUT2D eigenvalue weighted by atomic mass is 35.5. The van der Waals surface area contributed by atoms with Gasteiger partial charge in [-0.2, -0.15) is 0 Å². The number of benzene rings is 3. The largest absolute Gasteiger partial charge is 0.497 e. The highest BCUT2D eigenvalue weighted by molar-refractivity contribution is 7.92. The first kappa shape index (κ1) is 24.3. The van der Waals surface area contributed by atoms with Crippen molar-refractivity contribution in [2.24, 2.45) is 0 Å². The van der Waals surface area contributed by atoms with E-state index in [9.17, 15) is 18.0 Å². The van der Waals surface area contributed by atoms with Gasteiger partial charge in [0.1, 0.15) is 18.6 Å². The summed E-state index contributed by atoms with van der Waals surface area (Å²) in [5.41, 5.74) is 2.02. The van der Waals surface area contributed by atoms with Crippen LogP contribution in [0.5, 0.6) is 5.75 Å². The minimum atomic E-state index is -4.13. The molecule has 0 spiro atoms. The molecule has 0 fully saturated rings. The third-order valence-corrected chi connectivity index (χ3v) is 7.17. The van der Waals surface area contributed by atoms with Crippen molar-refractivity contribution in [3.63, 3.8) is 0 Å². The zero-order valence-electron chi connectivity index (χ0n) is 18.1. The van der Waals surface area contributed by atoms with Gasteiger partial charge in [-0.25, -0.2) is 8.42 Å². The molecular formula is C24H23ClN2O5S. The van der Waals surface area contributed by atoms with Crippen molar-refractivity contribution >= 4 is 39.5 Å². The molecule has 3 rings (SSSR count). The first-order valence-corrected chi connectivity index (χ1v) is 11.8. The van der Waals surface area contributed by atoms with Crippen LogP contribution in [0, 0.1) is 6.92 Å². The van der Waals surface area contributed by atoms with E-state index >= 15 is 0 Å². The number of halogens is 1. The number of anilines is 1. The molecule has 0 atom stereocenters. The molecule has 9 heteroatoms. The van der Waals surface area contributed by atoms with Crippen LogP contribution in [0.25, 0.3) is 0 Å². The number of aldehydes is 1. The molecule has 0 aliphatic carbocycles. The summed E-state index contributed by atoms with van der Waals surface area (Å²) in [4.78, 5) is 23.8. The number of sulfonamides is 1. The molecule has 0 saturated carbocycles. The van der Waals surface area contributed by atoms with Gasteiger partial charge in [-0.3, -0.25) is 13.9 Å². The molecule has 7 nitrogen and oxygen atoms in total. The van der Waals surface area contributed by atoms with Gasteiger partial charge in [-0.1, -0.05) is 41.9 Å². The van der Waals surface area contributed by atoms with Crippen molar-refractivity contribution in [2.75, 3.05) is 18.0 Å². The minimum Gasteiger partial charge on any atom is -0.497 e. The number of nitrogens with one attached hydrogen (secondary N) is 1. The Labute approximate surface area is 198 Å². The third-order valence-electron chi connectivity index (χ3n) is 5.00. The van der Waals surface area contributed by atoms with E-state index in [0.29, 0.717) is 33.1 Å². The lowest BCUT2D eigenvalue weighted by Crippen LogP contribution is -2.41. The summed E-state index contributed by atoms with van der Waals surface area (Å²) in [6.07, 6.45) is 0.718. The molecule has 0 heterocycles. The average Bonchev–Trinajstić information content (AvgIpc) is 2.83. The van der Waals surface area contributed by atoms with Crippen molar-refractivity contribution in [3.8, 4) is 5.75 Å². The fourth-order valence-electron chi connectivity index (χ4n) is 3.22. The van der Waals surface area contributed by atoms with Gasteiger partial charge in [0, 0.05) is 23.2 Å². The van der Waals surface area contributed by atoms with Crippen molar-refractivity contribution < 1.29 is 22.7 Å². The highest BCUT2D eigenvalue weighted by Gasteiger charge is 2.29. The van der Waals surface area contributed by atoms with Gasteiger partial charge in [0.25, 0.3) is 10.0 Å². The van der Waals surface area contributed by atoms with Gasteiger partial charge in [0.15, 0.2) is 0 Å². The maximum Gasteiger partial charge on any atom is 0.264 e. The predicted molar refractivity (Wildman–Crippen MR) is 127 cm³/mol. The van der Waals surface area contributed by atoms with E-state index in [1.54, 1.807) is 61.5 Å². The monoisotopic (exact) mass is 486 g/mol. The predicted octanol–water partition coefficient (Wildman–Crippen LogP) is 3.98. The Morgan fingerprint density at radius 1 is 1.09 bits per heavy atom. The SMILES string of the molecule is COc1cccc(S(=O)(=O)N(CC(=O)NCc2cccc(C=O)c2)c2cccc(Cl)c2C)c1. The number of carbonyl (C=O) groups excluding carboxylic acids is 2. The molecular weight excluding hydrogens is 464 g/mol. The van der Waals surface area contributed by atoms with Crippen LogP contribution < -0.4 is 14.4 Å². The molecule has 172 valence electrons. The number of carbonyl (C=O) groups is 2. The molecule has 0 radical (unpaired) electrons. The number of amides is 1. The van der Waals surface area contributed by atoms with E-state index in [-0.39, 0.29) is 11.4 Å². The lowest BCUT2D eigenvalue weighted by atomic mass is 10.1. The smallest absolute Gasteiger partial charge is 0.264 e. The van der Waals surface area contributed by atoms with E-state index in [4.69, 9.17) is 16.3 Å². The van der Waals surface area contributed by atoms with Gasteiger partial charge in [0.2, 0.25) is 5.91 Å². The Hall–Kier alpha value is -3.36. The molecule has 0 aromatic heterocycles. The Kier molecular flexibility index (Phi) is 7.73. The van der Waals surface area contributed by atoms with Crippen molar-refractivity contribution in [1.29, 1.82) is 0 Å². The summed E-state index contributed by atoms with van der Waals surface area (Å²) in [6, 6.07) is 17.7. The fourth-order valence-corrected chi connectivity index (χ4v) is 4.90. The van der Waals surface area contributed by atoms with Crippen molar-refractivity contribution in [3.05, 3.63) is 88.4 Å². The Bertz CT molecular complexity index is 1280. The maximum atomic E-state index is 13.6. The second-order valence-electron chi connectivity index (χ2n) is 7.21. The molecule has 33 heavy (non-hydrogen) atoms. The lowest BCUT2D eigenvalue weighted by Gasteiger charge is -2.26. The van der Waals surface area contributed by atoms with E-state index < -0.39 is 22.5 Å². The summed E-state index contributed by atoms with van der Waals surface area (Å²) in [6.45, 7) is 1.37. The summed E-state index contributed by atoms with van der Waals surface area (Å²) in [5, 5.41) is 3.09. The third kappa shape index (κ3) is 5.71. The second-order valence-corrected chi connectivity index (χ2v) is 9.48. The van der Waals surface area contributed by atoms with Crippen LogP contribution in [0.4, 0.5) is 5.69 Å². The first-order valence-electron chi connectivity index (χ1n) is 9.99. The molecule has 3 aromatic rings. The summed E-state index contributed by atoms with van der Waals surface area (Å²) in [5.74, 6) is -0.143. The van der Waals surface area contributed by atoms with Crippen LogP contribution in [-0.4, -0.2) is 34.3 Å². The first-order chi connectivity index (χ1) is 15.8. The van der Waals surface area contributed by atoms with Gasteiger partial charge >= 0.3 is 0 Å². The lowest BCUT2D eigenvalue weighted by molar-refractivity contribution is -0.119. The Morgan fingerprint density at radius 3 is 2.55 bits per heavy atom. The van der Waals surface area contributed by atoms with Crippen LogP contribution in [0.2, 0.25) is 5.02 Å². The average molecular weight is 487 g/mol. The number of rotatable bonds is 9. The molecule has 1 N–H and O–H groups in total. The number of hydrogen-bond donors (Lipinski definition) is 1. The topological polar surface area (TPSA) is 92.8 Å². The molecule has 1 amide bonds. The van der Waals surface area contributed by atoms with E-state index in [2.05, 4.69) is 5.32 Å². The number of hydrogen-bond acceptors (Lipinski definition) is 5. The van der Waals surface area contributed by atoms with E-state index in [0.717, 1.165) is 10.6 Å². The highest BCUT2D eigenvalue weighted by Crippen LogP contribution is 2.31. The van der Waals surface area contributed by atoms with Crippen molar-refractivity contribution in [1.82, 2.24) is 5.32 Å². The normalized spacial score (nSPS) is 11.0. The summed E-state index contributed by atoms with van der Waals surface area (Å²) >= 11 is 6.24. The molecule has 3 aromatic carbocycles. The van der Waals surface area contributed by atoms with Gasteiger partial charge in [-0.05, 0) is 48.4 Å². The van der Waals surface area contributed by atoms with Gasteiger partial charge in [0.05, 0.1) is 17.7 Å². The van der Waals surface area contributed by atoms with Crippen LogP contribution in [0.1, 0.15) is 21.5 Å². The number of ether oxygens (including phenoxy) is 1. The Balaban J connectivity index is 1.92. The summed E-state index contributed by atoms with van der Waals surface area (Å²) in [7, 11) is -2.68. The number of nitrogens with zero attached hydrogens (tertiary/aromatic N) is 1. The van der Waals surface area contributed by atoms with Gasteiger partial charge < -0.3 is 10.1 Å². The maximum absolute atomic E-state index is 13.6. The standard InChI is InChI=1S/C24H23ClN2O5S/c1-17-22(25)10-5-11-23(17)27(33(30,31)21-9-4-8-20(13-21)32-2)15-24(29)26-14-18-6-3-7-19(12-18)16-28/h3-13,16H,14-15H2,1-2H3,(H,26,29). The van der Waals surface area contributed by atoms with Crippen molar-refractivity contribution in [2.45, 2.75) is 18.4 Å². The molecule has 0 unspecified atom stereocenters. The van der Waals surface area contributed by atoms with Crippen LogP contribution in [0.3, 0.4) is 0 Å². The quantitative estimate of drug-likeness (QED) is 0.462. The molecule has 0 aliphatic heterocycles. The zero-order chi connectivity index (χ0) is 24.0. The molecule has 0 bridgehead atoms. The molecule has 0 aliphatic rings. The Morgan fingerprint density at radius 2 is 1.82 bits per heavy atom. The minimum absolute atomic E-state index is 0.0206. The van der Waals surface area contributed by atoms with Crippen LogP contribution in [0.15, 0.2) is 71.6 Å². The van der Waals surface area contributed by atoms with Crippen LogP contribution >= 0.6 is 11.6 Å². The fraction of sp³-hybridized carbons (Fsp3) is 0.167. The number of methoxy groups -OCH3 is 1. The van der Waals surface area contributed by atoms with Crippen LogP contribution in [-0.2, 0) is 21.4 Å². The summed E-state index contributed by atoms with van der Waals surface area (Å²) < 4.78 is 33.3. The van der Waals surface area contributed by atoms with E-state index in [1.165, 1.54) is 19.2 Å². The second kappa shape index (κ2) is 10.5. The zero-order valence-corrected chi connectivity index (χ0v) is 19.7. The molecule has 0 saturated heterocycles.